The second-order valence-corrected chi connectivity index (χ2v) is 6.89. The van der Waals surface area contributed by atoms with Crippen LogP contribution in [0.4, 0.5) is 4.39 Å². The number of nitrogens with zero attached hydrogens (tertiary/aromatic N) is 1. The van der Waals surface area contributed by atoms with Crippen molar-refractivity contribution in [1.82, 2.24) is 4.31 Å². The Kier molecular flexibility index (Phi) is 4.43. The number of hydrogen-bond donors (Lipinski definition) is 1. The van der Waals surface area contributed by atoms with Gasteiger partial charge < -0.3 is 9.84 Å². The SMILES string of the molecule is O=C(O)C1COCCN1S(=O)(=O)c1ccc(Br)cc1F. The molecule has 1 aliphatic heterocycles. The number of halogens is 2. The lowest BCUT2D eigenvalue weighted by atomic mass is 10.3. The highest BCUT2D eigenvalue weighted by Crippen LogP contribution is 2.25. The fraction of sp³-hybridized carbons (Fsp3) is 0.364. The molecule has 0 radical (unpaired) electrons. The summed E-state index contributed by atoms with van der Waals surface area (Å²) in [6.45, 7) is -0.317. The van der Waals surface area contributed by atoms with Crippen molar-refractivity contribution >= 4 is 31.9 Å². The molecule has 0 aliphatic carbocycles. The fourth-order valence-corrected chi connectivity index (χ4v) is 3.81. The predicted molar refractivity (Wildman–Crippen MR) is 70.2 cm³/mol. The molecular formula is C11H11BrFNO5S. The largest absolute Gasteiger partial charge is 0.480 e. The van der Waals surface area contributed by atoms with Gasteiger partial charge in [-0.1, -0.05) is 15.9 Å². The molecule has 2 rings (SSSR count). The first-order valence-electron chi connectivity index (χ1n) is 5.61. The summed E-state index contributed by atoms with van der Waals surface area (Å²) in [5, 5.41) is 9.04. The number of ether oxygens (including phenoxy) is 1. The van der Waals surface area contributed by atoms with Gasteiger partial charge in [-0.05, 0) is 18.2 Å². The molecule has 1 unspecified atom stereocenters. The van der Waals surface area contributed by atoms with Crippen LogP contribution in [0, 0.1) is 5.82 Å². The third-order valence-corrected chi connectivity index (χ3v) is 5.28. The summed E-state index contributed by atoms with van der Waals surface area (Å²) in [5.74, 6) is -2.26. The van der Waals surface area contributed by atoms with E-state index in [1.807, 2.05) is 0 Å². The number of carboxylic acid groups (broad SMARTS) is 1. The smallest absolute Gasteiger partial charge is 0.324 e. The Balaban J connectivity index is 2.45. The molecule has 1 saturated heterocycles. The summed E-state index contributed by atoms with van der Waals surface area (Å²) >= 11 is 3.03. The number of hydrogen-bond acceptors (Lipinski definition) is 4. The molecule has 110 valence electrons. The normalized spacial score (nSPS) is 20.8. The van der Waals surface area contributed by atoms with Crippen LogP contribution in [0.2, 0.25) is 0 Å². The van der Waals surface area contributed by atoms with Crippen molar-refractivity contribution in [2.45, 2.75) is 10.9 Å². The molecule has 1 N–H and O–H groups in total. The minimum Gasteiger partial charge on any atom is -0.480 e. The molecule has 6 nitrogen and oxygen atoms in total. The molecule has 1 aliphatic rings. The van der Waals surface area contributed by atoms with Gasteiger partial charge in [-0.2, -0.15) is 4.31 Å². The summed E-state index contributed by atoms with van der Waals surface area (Å²) in [4.78, 5) is 10.5. The Morgan fingerprint density at radius 3 is 2.80 bits per heavy atom. The minimum atomic E-state index is -4.23. The van der Waals surface area contributed by atoms with Crippen LogP contribution in [0.5, 0.6) is 0 Å². The van der Waals surface area contributed by atoms with Gasteiger partial charge in [0.05, 0.1) is 13.2 Å². The zero-order chi connectivity index (χ0) is 14.9. The first-order chi connectivity index (χ1) is 9.34. The number of carbonyl (C=O) groups is 1. The fourth-order valence-electron chi connectivity index (χ4n) is 1.88. The van der Waals surface area contributed by atoms with Crippen molar-refractivity contribution < 1.29 is 27.4 Å². The van der Waals surface area contributed by atoms with E-state index in [4.69, 9.17) is 9.84 Å². The summed E-state index contributed by atoms with van der Waals surface area (Å²) in [5.41, 5.74) is 0. The Labute approximate surface area is 123 Å². The number of sulfonamides is 1. The van der Waals surface area contributed by atoms with E-state index >= 15 is 0 Å². The second-order valence-electron chi connectivity index (χ2n) is 4.12. The predicted octanol–water partition coefficient (Wildman–Crippen LogP) is 1.06. The van der Waals surface area contributed by atoms with E-state index < -0.39 is 32.7 Å². The summed E-state index contributed by atoms with van der Waals surface area (Å²) < 4.78 is 44.7. The van der Waals surface area contributed by atoms with Gasteiger partial charge in [0.2, 0.25) is 10.0 Å². The van der Waals surface area contributed by atoms with Gasteiger partial charge in [0.15, 0.2) is 0 Å². The van der Waals surface area contributed by atoms with Crippen molar-refractivity contribution in [2.75, 3.05) is 19.8 Å². The van der Waals surface area contributed by atoms with Crippen LogP contribution in [0.15, 0.2) is 27.6 Å². The maximum atomic E-state index is 13.8. The quantitative estimate of drug-likeness (QED) is 0.863. The molecule has 1 fully saturated rings. The van der Waals surface area contributed by atoms with Crippen LogP contribution < -0.4 is 0 Å². The van der Waals surface area contributed by atoms with E-state index in [0.717, 1.165) is 16.4 Å². The lowest BCUT2D eigenvalue weighted by molar-refractivity contribution is -0.146. The number of morpholine rings is 1. The Bertz CT molecular complexity index is 636. The van der Waals surface area contributed by atoms with Crippen LogP contribution in [0.1, 0.15) is 0 Å². The third kappa shape index (κ3) is 2.85. The number of rotatable bonds is 3. The van der Waals surface area contributed by atoms with Crippen molar-refractivity contribution in [2.24, 2.45) is 0 Å². The van der Waals surface area contributed by atoms with E-state index in [2.05, 4.69) is 15.9 Å². The Morgan fingerprint density at radius 1 is 1.50 bits per heavy atom. The molecular weight excluding hydrogens is 357 g/mol. The average Bonchev–Trinajstić information content (AvgIpc) is 2.38. The molecule has 0 saturated carbocycles. The molecule has 1 heterocycles. The van der Waals surface area contributed by atoms with Crippen LogP contribution in [0.25, 0.3) is 0 Å². The Hall–Kier alpha value is -1.03. The van der Waals surface area contributed by atoms with Gasteiger partial charge in [0.25, 0.3) is 0 Å². The molecule has 0 amide bonds. The van der Waals surface area contributed by atoms with E-state index in [1.54, 1.807) is 0 Å². The number of carboxylic acids is 1. The lowest BCUT2D eigenvalue weighted by Gasteiger charge is -2.31. The summed E-state index contributed by atoms with van der Waals surface area (Å²) in [6.07, 6.45) is 0. The maximum absolute atomic E-state index is 13.8. The van der Waals surface area contributed by atoms with Crippen LogP contribution >= 0.6 is 15.9 Å². The molecule has 0 spiro atoms. The zero-order valence-corrected chi connectivity index (χ0v) is 12.5. The van der Waals surface area contributed by atoms with E-state index in [-0.39, 0.29) is 19.8 Å². The highest BCUT2D eigenvalue weighted by atomic mass is 79.9. The average molecular weight is 368 g/mol. The van der Waals surface area contributed by atoms with E-state index in [1.165, 1.54) is 6.07 Å². The second kappa shape index (κ2) is 5.76. The molecule has 1 aromatic rings. The molecule has 1 atom stereocenters. The van der Waals surface area contributed by atoms with Gasteiger partial charge in [0.1, 0.15) is 16.8 Å². The first-order valence-corrected chi connectivity index (χ1v) is 7.85. The molecule has 0 bridgehead atoms. The zero-order valence-electron chi connectivity index (χ0n) is 10.1. The standard InChI is InChI=1S/C11H11BrFNO5S/c12-7-1-2-10(8(13)5-7)20(17,18)14-3-4-19-6-9(14)11(15)16/h1-2,5,9H,3-4,6H2,(H,15,16). The Morgan fingerprint density at radius 2 is 2.20 bits per heavy atom. The van der Waals surface area contributed by atoms with Crippen molar-refractivity contribution in [3.05, 3.63) is 28.5 Å². The highest BCUT2D eigenvalue weighted by Gasteiger charge is 2.39. The van der Waals surface area contributed by atoms with Crippen LogP contribution in [-0.2, 0) is 19.6 Å². The van der Waals surface area contributed by atoms with Gasteiger partial charge in [-0.3, -0.25) is 4.79 Å². The highest BCUT2D eigenvalue weighted by molar-refractivity contribution is 9.10. The molecule has 1 aromatic carbocycles. The van der Waals surface area contributed by atoms with Crippen molar-refractivity contribution in [1.29, 1.82) is 0 Å². The topological polar surface area (TPSA) is 83.9 Å². The first kappa shape index (κ1) is 15.4. The van der Waals surface area contributed by atoms with Gasteiger partial charge in [0, 0.05) is 11.0 Å². The van der Waals surface area contributed by atoms with E-state index in [9.17, 15) is 17.6 Å². The third-order valence-electron chi connectivity index (χ3n) is 2.84. The molecule has 9 heteroatoms. The number of benzene rings is 1. The van der Waals surface area contributed by atoms with Gasteiger partial charge >= 0.3 is 5.97 Å². The monoisotopic (exact) mass is 367 g/mol. The maximum Gasteiger partial charge on any atom is 0.324 e. The number of aliphatic carboxylic acids is 1. The van der Waals surface area contributed by atoms with Crippen molar-refractivity contribution in [3.8, 4) is 0 Å². The lowest BCUT2D eigenvalue weighted by Crippen LogP contribution is -2.52. The van der Waals surface area contributed by atoms with Crippen molar-refractivity contribution in [3.63, 3.8) is 0 Å². The van der Waals surface area contributed by atoms with E-state index in [0.29, 0.717) is 4.47 Å². The summed E-state index contributed by atoms with van der Waals surface area (Å²) in [6, 6.07) is 2.15. The molecule has 20 heavy (non-hydrogen) atoms. The minimum absolute atomic E-state index is 0.0706. The van der Waals surface area contributed by atoms with Gasteiger partial charge in [-0.15, -0.1) is 0 Å². The van der Waals surface area contributed by atoms with Gasteiger partial charge in [-0.25, -0.2) is 12.8 Å². The summed E-state index contributed by atoms with van der Waals surface area (Å²) in [7, 11) is -4.23. The molecule has 0 aromatic heterocycles. The van der Waals surface area contributed by atoms with Crippen LogP contribution in [0.3, 0.4) is 0 Å². The van der Waals surface area contributed by atoms with Crippen LogP contribution in [-0.4, -0.2) is 49.6 Å².